The van der Waals surface area contributed by atoms with E-state index in [-0.39, 0.29) is 11.9 Å². The average molecular weight is 442 g/mol. The summed E-state index contributed by atoms with van der Waals surface area (Å²) in [6, 6.07) is 14.8. The zero-order chi connectivity index (χ0) is 22.5. The maximum atomic E-state index is 13.1. The van der Waals surface area contributed by atoms with Gasteiger partial charge in [-0.2, -0.15) is 0 Å². The van der Waals surface area contributed by atoms with Crippen molar-refractivity contribution in [3.05, 3.63) is 59.9 Å². The number of rotatable bonds is 4. The summed E-state index contributed by atoms with van der Waals surface area (Å²) in [5, 5.41) is 1.25. The van der Waals surface area contributed by atoms with Crippen molar-refractivity contribution in [1.29, 1.82) is 0 Å². The van der Waals surface area contributed by atoms with E-state index in [1.165, 1.54) is 35.9 Å². The molecule has 0 spiro atoms. The third-order valence-corrected chi connectivity index (χ3v) is 7.58. The molecule has 2 N–H and O–H groups in total. The van der Waals surface area contributed by atoms with Crippen molar-refractivity contribution >= 4 is 22.5 Å². The molecule has 6 rings (SSSR count). The van der Waals surface area contributed by atoms with Crippen molar-refractivity contribution in [2.24, 2.45) is 11.7 Å². The molecule has 4 heterocycles. The summed E-state index contributed by atoms with van der Waals surface area (Å²) in [4.78, 5) is 20.0. The first-order chi connectivity index (χ1) is 16.1. The number of aryl methyl sites for hydroxylation is 1. The fraction of sp³-hybridized carbons (Fsp3) is 0.407. The van der Waals surface area contributed by atoms with E-state index in [0.717, 1.165) is 48.9 Å². The Hall–Kier alpha value is -3.12. The average Bonchev–Trinajstić information content (AvgIpc) is 3.32. The topological polar surface area (TPSA) is 68.6 Å². The van der Waals surface area contributed by atoms with Gasteiger partial charge >= 0.3 is 0 Å². The zero-order valence-electron chi connectivity index (χ0n) is 19.2. The molecule has 1 saturated carbocycles. The van der Waals surface area contributed by atoms with Gasteiger partial charge in [-0.05, 0) is 62.8 Å². The fourth-order valence-electron chi connectivity index (χ4n) is 5.46. The van der Waals surface area contributed by atoms with E-state index in [9.17, 15) is 4.79 Å². The van der Waals surface area contributed by atoms with Gasteiger partial charge in [0.1, 0.15) is 11.3 Å². The Labute approximate surface area is 194 Å². The molecule has 1 saturated heterocycles. The van der Waals surface area contributed by atoms with E-state index in [1.807, 2.05) is 23.2 Å². The highest BCUT2D eigenvalue weighted by molar-refractivity contribution is 5.95. The molecule has 1 aromatic carbocycles. The van der Waals surface area contributed by atoms with Crippen molar-refractivity contribution in [3.8, 4) is 11.4 Å². The SMILES string of the molecule is Cc1c(-c2cc3ccccc3n2CC2CCC2)nc2cc(C(=O)N3CCCC(N)C3)ccn12. The molecule has 2 aliphatic rings. The lowest BCUT2D eigenvalue weighted by molar-refractivity contribution is 0.0709. The van der Waals surface area contributed by atoms with E-state index < -0.39 is 0 Å². The minimum Gasteiger partial charge on any atom is -0.339 e. The maximum Gasteiger partial charge on any atom is 0.254 e. The highest BCUT2D eigenvalue weighted by atomic mass is 16.2. The number of fused-ring (bicyclic) bond motifs is 2. The molecular formula is C27H31N5O. The third kappa shape index (κ3) is 3.53. The number of piperidine rings is 1. The number of aromatic nitrogens is 3. The van der Waals surface area contributed by atoms with Crippen LogP contribution in [0.15, 0.2) is 48.7 Å². The summed E-state index contributed by atoms with van der Waals surface area (Å²) in [5.41, 5.74) is 12.1. The largest absolute Gasteiger partial charge is 0.339 e. The molecule has 2 fully saturated rings. The van der Waals surface area contributed by atoms with E-state index in [2.05, 4.69) is 46.2 Å². The Morgan fingerprint density at radius 1 is 1.12 bits per heavy atom. The zero-order valence-corrected chi connectivity index (χ0v) is 19.2. The van der Waals surface area contributed by atoms with Crippen LogP contribution in [0.3, 0.4) is 0 Å². The van der Waals surface area contributed by atoms with Crippen LogP contribution in [-0.2, 0) is 6.54 Å². The smallest absolute Gasteiger partial charge is 0.254 e. The van der Waals surface area contributed by atoms with Crippen LogP contribution in [0, 0.1) is 12.8 Å². The summed E-state index contributed by atoms with van der Waals surface area (Å²) < 4.78 is 4.55. The first-order valence-corrected chi connectivity index (χ1v) is 12.2. The number of amides is 1. The molecule has 1 unspecified atom stereocenters. The first kappa shape index (κ1) is 20.5. The van der Waals surface area contributed by atoms with Crippen LogP contribution in [0.1, 0.15) is 48.2 Å². The van der Waals surface area contributed by atoms with Gasteiger partial charge in [0.2, 0.25) is 0 Å². The van der Waals surface area contributed by atoms with Gasteiger partial charge in [0.05, 0.1) is 5.69 Å². The van der Waals surface area contributed by atoms with Crippen LogP contribution in [0.4, 0.5) is 0 Å². The summed E-state index contributed by atoms with van der Waals surface area (Å²) in [6.45, 7) is 4.56. The van der Waals surface area contributed by atoms with Gasteiger partial charge in [-0.3, -0.25) is 4.79 Å². The van der Waals surface area contributed by atoms with Crippen LogP contribution in [0.25, 0.3) is 27.9 Å². The Kier molecular flexibility index (Phi) is 4.98. The maximum absolute atomic E-state index is 13.1. The van der Waals surface area contributed by atoms with Gasteiger partial charge in [0, 0.05) is 54.0 Å². The molecule has 6 heteroatoms. The summed E-state index contributed by atoms with van der Waals surface area (Å²) in [6.07, 6.45) is 7.89. The number of benzene rings is 1. The predicted molar refractivity (Wildman–Crippen MR) is 131 cm³/mol. The summed E-state index contributed by atoms with van der Waals surface area (Å²) in [7, 11) is 0. The standard InChI is InChI=1S/C27H31N5O/c1-18-26(24-14-20-8-2-3-10-23(20)32(24)16-19-6-4-7-19)29-25-15-21(11-13-31(18)25)27(33)30-12-5-9-22(28)17-30/h2-3,8,10-11,13-15,19,22H,4-7,9,12,16-17,28H2,1H3. The predicted octanol–water partition coefficient (Wildman–Crippen LogP) is 4.63. The summed E-state index contributed by atoms with van der Waals surface area (Å²) >= 11 is 0. The quantitative estimate of drug-likeness (QED) is 0.502. The number of carbonyl (C=O) groups excluding carboxylic acids is 1. The number of nitrogens with two attached hydrogens (primary N) is 1. The van der Waals surface area contributed by atoms with Gasteiger partial charge in [-0.15, -0.1) is 0 Å². The Morgan fingerprint density at radius 3 is 2.76 bits per heavy atom. The molecule has 6 nitrogen and oxygen atoms in total. The van der Waals surface area contributed by atoms with Crippen molar-refractivity contribution in [2.75, 3.05) is 13.1 Å². The highest BCUT2D eigenvalue weighted by Crippen LogP contribution is 2.35. The number of para-hydroxylation sites is 1. The molecule has 0 bridgehead atoms. The van der Waals surface area contributed by atoms with Crippen LogP contribution < -0.4 is 5.73 Å². The molecule has 1 aliphatic heterocycles. The molecule has 1 amide bonds. The Morgan fingerprint density at radius 2 is 1.97 bits per heavy atom. The number of likely N-dealkylation sites (tertiary alicyclic amines) is 1. The van der Waals surface area contributed by atoms with Crippen LogP contribution >= 0.6 is 0 Å². The van der Waals surface area contributed by atoms with Gasteiger partial charge in [-0.25, -0.2) is 4.98 Å². The van der Waals surface area contributed by atoms with Crippen LogP contribution in [0.2, 0.25) is 0 Å². The molecule has 4 aromatic rings. The van der Waals surface area contributed by atoms with Crippen molar-refractivity contribution in [2.45, 2.75) is 51.6 Å². The molecule has 1 aliphatic carbocycles. The number of pyridine rings is 1. The molecule has 3 aromatic heterocycles. The van der Waals surface area contributed by atoms with Gasteiger partial charge < -0.3 is 19.6 Å². The van der Waals surface area contributed by atoms with Gasteiger partial charge in [0.25, 0.3) is 5.91 Å². The molecule has 0 radical (unpaired) electrons. The lowest BCUT2D eigenvalue weighted by atomic mass is 9.85. The lowest BCUT2D eigenvalue weighted by Gasteiger charge is -2.30. The van der Waals surface area contributed by atoms with E-state index >= 15 is 0 Å². The number of hydrogen-bond acceptors (Lipinski definition) is 3. The Balaban J connectivity index is 1.41. The molecule has 33 heavy (non-hydrogen) atoms. The van der Waals surface area contributed by atoms with E-state index in [0.29, 0.717) is 12.1 Å². The van der Waals surface area contributed by atoms with Crippen LogP contribution in [0.5, 0.6) is 0 Å². The first-order valence-electron chi connectivity index (χ1n) is 12.2. The highest BCUT2D eigenvalue weighted by Gasteiger charge is 2.25. The summed E-state index contributed by atoms with van der Waals surface area (Å²) in [5.74, 6) is 0.797. The van der Waals surface area contributed by atoms with E-state index in [4.69, 9.17) is 10.7 Å². The number of carbonyl (C=O) groups is 1. The molecule has 1 atom stereocenters. The van der Waals surface area contributed by atoms with Gasteiger partial charge in [0.15, 0.2) is 0 Å². The molecular weight excluding hydrogens is 410 g/mol. The third-order valence-electron chi connectivity index (χ3n) is 7.58. The number of nitrogens with zero attached hydrogens (tertiary/aromatic N) is 4. The van der Waals surface area contributed by atoms with Crippen molar-refractivity contribution in [3.63, 3.8) is 0 Å². The minimum absolute atomic E-state index is 0.0500. The number of imidazole rings is 1. The fourth-order valence-corrected chi connectivity index (χ4v) is 5.46. The second-order valence-electron chi connectivity index (χ2n) is 9.84. The van der Waals surface area contributed by atoms with Crippen LogP contribution in [-0.4, -0.2) is 43.9 Å². The second-order valence-corrected chi connectivity index (χ2v) is 9.84. The second kappa shape index (κ2) is 8.03. The lowest BCUT2D eigenvalue weighted by Crippen LogP contribution is -2.45. The molecule has 170 valence electrons. The van der Waals surface area contributed by atoms with Crippen molar-refractivity contribution < 1.29 is 4.79 Å². The van der Waals surface area contributed by atoms with Gasteiger partial charge in [-0.1, -0.05) is 24.6 Å². The number of hydrogen-bond donors (Lipinski definition) is 1. The Bertz CT molecular complexity index is 1350. The normalized spacial score (nSPS) is 19.3. The van der Waals surface area contributed by atoms with E-state index in [1.54, 1.807) is 0 Å². The van der Waals surface area contributed by atoms with Crippen molar-refractivity contribution in [1.82, 2.24) is 18.9 Å². The monoisotopic (exact) mass is 441 g/mol. The minimum atomic E-state index is 0.0500.